The third-order valence-corrected chi connectivity index (χ3v) is 3.50. The Morgan fingerprint density at radius 2 is 1.58 bits per heavy atom. The first-order chi connectivity index (χ1) is 11.6. The van der Waals surface area contributed by atoms with Crippen molar-refractivity contribution in [3.8, 4) is 0 Å². The number of halogens is 2. The zero-order valence-electron chi connectivity index (χ0n) is 12.5. The summed E-state index contributed by atoms with van der Waals surface area (Å²) in [6.45, 7) is 0. The van der Waals surface area contributed by atoms with Gasteiger partial charge in [0.05, 0.1) is 11.9 Å². The highest BCUT2D eigenvalue weighted by Gasteiger charge is 2.07. The van der Waals surface area contributed by atoms with Gasteiger partial charge in [-0.15, -0.1) is 0 Å². The van der Waals surface area contributed by atoms with E-state index in [1.165, 1.54) is 24.3 Å². The number of pyridine rings is 1. The van der Waals surface area contributed by atoms with Crippen molar-refractivity contribution in [3.05, 3.63) is 83.3 Å². The van der Waals surface area contributed by atoms with Gasteiger partial charge in [-0.05, 0) is 60.7 Å². The fourth-order valence-electron chi connectivity index (χ4n) is 2.03. The molecule has 3 aromatic rings. The summed E-state index contributed by atoms with van der Waals surface area (Å²) in [6.07, 6.45) is 1.61. The lowest BCUT2D eigenvalue weighted by molar-refractivity contribution is 0.102. The molecular formula is C18H13ClFN3O. The average molecular weight is 342 g/mol. The van der Waals surface area contributed by atoms with Crippen LogP contribution in [0, 0.1) is 5.82 Å². The van der Waals surface area contributed by atoms with Crippen molar-refractivity contribution in [2.45, 2.75) is 0 Å². The number of carbonyl (C=O) groups is 1. The van der Waals surface area contributed by atoms with E-state index in [2.05, 4.69) is 15.6 Å². The van der Waals surface area contributed by atoms with E-state index < -0.39 is 0 Å². The van der Waals surface area contributed by atoms with Gasteiger partial charge in [0.15, 0.2) is 0 Å². The molecule has 0 saturated carbocycles. The summed E-state index contributed by atoms with van der Waals surface area (Å²) in [5.41, 5.74) is 2.02. The van der Waals surface area contributed by atoms with E-state index in [0.29, 0.717) is 16.4 Å². The van der Waals surface area contributed by atoms with E-state index in [1.807, 2.05) is 12.1 Å². The minimum absolute atomic E-state index is 0.346. The standard InChI is InChI=1S/C18H13ClFN3O/c19-13-3-7-15(8-4-13)22-16-9-10-17(21-11-16)23-18(24)12-1-5-14(20)6-2-12/h1-11,22H,(H,21,23,24). The fourth-order valence-corrected chi connectivity index (χ4v) is 2.16. The zero-order chi connectivity index (χ0) is 16.9. The Morgan fingerprint density at radius 3 is 2.21 bits per heavy atom. The number of carbonyl (C=O) groups excluding carboxylic acids is 1. The Labute approximate surface area is 143 Å². The normalized spacial score (nSPS) is 10.2. The minimum atomic E-state index is -0.387. The molecule has 0 spiro atoms. The molecule has 0 aliphatic heterocycles. The second-order valence-electron chi connectivity index (χ2n) is 5.03. The average Bonchev–Trinajstić information content (AvgIpc) is 2.59. The second-order valence-corrected chi connectivity index (χ2v) is 5.46. The van der Waals surface area contributed by atoms with E-state index in [4.69, 9.17) is 11.6 Å². The van der Waals surface area contributed by atoms with Crippen molar-refractivity contribution < 1.29 is 9.18 Å². The Balaban J connectivity index is 1.64. The first kappa shape index (κ1) is 16.0. The molecule has 0 aliphatic rings. The summed E-state index contributed by atoms with van der Waals surface area (Å²) in [5.74, 6) is -0.325. The third-order valence-electron chi connectivity index (χ3n) is 3.24. The Bertz CT molecular complexity index is 834. The Morgan fingerprint density at radius 1 is 0.917 bits per heavy atom. The van der Waals surface area contributed by atoms with E-state index >= 15 is 0 Å². The molecule has 0 atom stereocenters. The van der Waals surface area contributed by atoms with Gasteiger partial charge in [-0.25, -0.2) is 9.37 Å². The van der Waals surface area contributed by atoms with Crippen molar-refractivity contribution in [1.29, 1.82) is 0 Å². The molecule has 4 nitrogen and oxygen atoms in total. The molecule has 0 aliphatic carbocycles. The summed E-state index contributed by atoms with van der Waals surface area (Å²) in [4.78, 5) is 16.2. The first-order valence-corrected chi connectivity index (χ1v) is 7.53. The summed E-state index contributed by atoms with van der Waals surface area (Å²) in [5, 5.41) is 6.50. The molecule has 0 saturated heterocycles. The molecule has 2 aromatic carbocycles. The molecule has 0 bridgehead atoms. The maximum absolute atomic E-state index is 12.9. The van der Waals surface area contributed by atoms with Crippen LogP contribution in [0.5, 0.6) is 0 Å². The lowest BCUT2D eigenvalue weighted by Crippen LogP contribution is -2.12. The van der Waals surface area contributed by atoms with Crippen LogP contribution in [-0.2, 0) is 0 Å². The van der Waals surface area contributed by atoms with Gasteiger partial charge in [-0.2, -0.15) is 0 Å². The van der Waals surface area contributed by atoms with Crippen LogP contribution in [0.4, 0.5) is 21.6 Å². The first-order valence-electron chi connectivity index (χ1n) is 7.16. The van der Waals surface area contributed by atoms with Gasteiger partial charge >= 0.3 is 0 Å². The SMILES string of the molecule is O=C(Nc1ccc(Nc2ccc(Cl)cc2)cn1)c1ccc(F)cc1. The van der Waals surface area contributed by atoms with Crippen molar-refractivity contribution in [2.75, 3.05) is 10.6 Å². The zero-order valence-corrected chi connectivity index (χ0v) is 13.2. The molecule has 3 rings (SSSR count). The largest absolute Gasteiger partial charge is 0.354 e. The second kappa shape index (κ2) is 7.10. The number of anilines is 3. The van der Waals surface area contributed by atoms with Gasteiger partial charge in [0.25, 0.3) is 5.91 Å². The smallest absolute Gasteiger partial charge is 0.256 e. The van der Waals surface area contributed by atoms with Gasteiger partial charge in [-0.3, -0.25) is 4.79 Å². The minimum Gasteiger partial charge on any atom is -0.354 e. The molecule has 6 heteroatoms. The van der Waals surface area contributed by atoms with Crippen LogP contribution in [0.3, 0.4) is 0 Å². The van der Waals surface area contributed by atoms with E-state index in [1.54, 1.807) is 30.5 Å². The topological polar surface area (TPSA) is 54.0 Å². The molecule has 1 amide bonds. The van der Waals surface area contributed by atoms with Crippen molar-refractivity contribution >= 4 is 34.7 Å². The molecule has 1 aromatic heterocycles. The number of nitrogens with one attached hydrogen (secondary N) is 2. The summed E-state index contributed by atoms with van der Waals surface area (Å²) < 4.78 is 12.9. The Kier molecular flexibility index (Phi) is 4.72. The third kappa shape index (κ3) is 4.08. The van der Waals surface area contributed by atoms with Crippen LogP contribution in [-0.4, -0.2) is 10.9 Å². The van der Waals surface area contributed by atoms with Crippen molar-refractivity contribution in [1.82, 2.24) is 4.98 Å². The molecule has 2 N–H and O–H groups in total. The number of aromatic nitrogens is 1. The highest BCUT2D eigenvalue weighted by Crippen LogP contribution is 2.19. The number of benzene rings is 2. The highest BCUT2D eigenvalue weighted by molar-refractivity contribution is 6.30. The summed E-state index contributed by atoms with van der Waals surface area (Å²) in [7, 11) is 0. The molecule has 24 heavy (non-hydrogen) atoms. The lowest BCUT2D eigenvalue weighted by atomic mass is 10.2. The van der Waals surface area contributed by atoms with Crippen LogP contribution in [0.25, 0.3) is 0 Å². The molecule has 0 fully saturated rings. The van der Waals surface area contributed by atoms with Gasteiger partial charge in [0.1, 0.15) is 11.6 Å². The van der Waals surface area contributed by atoms with Crippen LogP contribution in [0.15, 0.2) is 66.9 Å². The maximum atomic E-state index is 12.9. The lowest BCUT2D eigenvalue weighted by Gasteiger charge is -2.08. The predicted octanol–water partition coefficient (Wildman–Crippen LogP) is 4.87. The molecule has 0 radical (unpaired) electrons. The van der Waals surface area contributed by atoms with Gasteiger partial charge in [0.2, 0.25) is 0 Å². The molecule has 0 unspecified atom stereocenters. The molecule has 1 heterocycles. The van der Waals surface area contributed by atoms with Gasteiger partial charge in [0, 0.05) is 16.3 Å². The molecule has 120 valence electrons. The summed E-state index contributed by atoms with van der Waals surface area (Å²) in [6, 6.07) is 16.1. The van der Waals surface area contributed by atoms with Crippen LogP contribution in [0.2, 0.25) is 5.02 Å². The quantitative estimate of drug-likeness (QED) is 0.711. The monoisotopic (exact) mass is 341 g/mol. The van der Waals surface area contributed by atoms with Crippen molar-refractivity contribution in [2.24, 2.45) is 0 Å². The fraction of sp³-hybridized carbons (Fsp3) is 0. The van der Waals surface area contributed by atoms with Crippen LogP contribution < -0.4 is 10.6 Å². The summed E-state index contributed by atoms with van der Waals surface area (Å²) >= 11 is 5.84. The molecular weight excluding hydrogens is 329 g/mol. The number of hydrogen-bond donors (Lipinski definition) is 2. The van der Waals surface area contributed by atoms with E-state index in [9.17, 15) is 9.18 Å². The van der Waals surface area contributed by atoms with Crippen LogP contribution in [0.1, 0.15) is 10.4 Å². The van der Waals surface area contributed by atoms with Crippen LogP contribution >= 0.6 is 11.6 Å². The van der Waals surface area contributed by atoms with E-state index in [-0.39, 0.29) is 11.7 Å². The van der Waals surface area contributed by atoms with Gasteiger partial charge < -0.3 is 10.6 Å². The predicted molar refractivity (Wildman–Crippen MR) is 93.3 cm³/mol. The number of nitrogens with zero attached hydrogens (tertiary/aromatic N) is 1. The maximum Gasteiger partial charge on any atom is 0.256 e. The van der Waals surface area contributed by atoms with Gasteiger partial charge in [-0.1, -0.05) is 11.6 Å². The van der Waals surface area contributed by atoms with E-state index in [0.717, 1.165) is 11.4 Å². The van der Waals surface area contributed by atoms with Crippen molar-refractivity contribution in [3.63, 3.8) is 0 Å². The number of amides is 1. The Hall–Kier alpha value is -2.92. The number of hydrogen-bond acceptors (Lipinski definition) is 3. The highest BCUT2D eigenvalue weighted by atomic mass is 35.5. The number of rotatable bonds is 4.